The minimum Gasteiger partial charge on any atom is -0.385 e. The van der Waals surface area contributed by atoms with Gasteiger partial charge < -0.3 is 9.64 Å². The number of nitro groups is 1. The largest absolute Gasteiger partial charge is 0.385 e. The number of likely N-dealkylation sites (tertiary alicyclic amines) is 1. The number of benzene rings is 2. The lowest BCUT2D eigenvalue weighted by Crippen LogP contribution is -2.48. The Bertz CT molecular complexity index is 1210. The van der Waals surface area contributed by atoms with Gasteiger partial charge in [-0.1, -0.05) is 30.4 Å². The fourth-order valence-corrected chi connectivity index (χ4v) is 5.38. The van der Waals surface area contributed by atoms with Crippen LogP contribution in [0.2, 0.25) is 0 Å². The molecule has 0 bridgehead atoms. The van der Waals surface area contributed by atoms with Crippen molar-refractivity contribution in [1.82, 2.24) is 4.90 Å². The van der Waals surface area contributed by atoms with Crippen LogP contribution in [0.3, 0.4) is 0 Å². The summed E-state index contributed by atoms with van der Waals surface area (Å²) in [6, 6.07) is 11.6. The smallest absolute Gasteiger partial charge is 0.269 e. The minimum absolute atomic E-state index is 0.124. The van der Waals surface area contributed by atoms with E-state index in [1.165, 1.54) is 29.2 Å². The third kappa shape index (κ3) is 3.31. The summed E-state index contributed by atoms with van der Waals surface area (Å²) < 4.78 is 5.06. The first-order chi connectivity index (χ1) is 16.4. The zero-order valence-electron chi connectivity index (χ0n) is 18.5. The Kier molecular flexibility index (Phi) is 5.49. The van der Waals surface area contributed by atoms with E-state index in [2.05, 4.69) is 0 Å². The first kappa shape index (κ1) is 22.0. The topological polar surface area (TPSA) is 110 Å². The fraction of sp³-hybridized carbons (Fsp3) is 0.320. The van der Waals surface area contributed by atoms with Crippen LogP contribution in [-0.2, 0) is 14.3 Å². The molecule has 0 radical (unpaired) electrons. The Balaban J connectivity index is 1.57. The van der Waals surface area contributed by atoms with E-state index in [1.54, 1.807) is 7.11 Å². The number of nitro benzene ring substituents is 1. The van der Waals surface area contributed by atoms with Crippen LogP contribution >= 0.6 is 0 Å². The van der Waals surface area contributed by atoms with E-state index in [0.717, 1.165) is 11.3 Å². The van der Waals surface area contributed by atoms with Gasteiger partial charge in [-0.05, 0) is 30.2 Å². The molecule has 5 rings (SSSR count). The maximum atomic E-state index is 13.8. The molecule has 9 nitrogen and oxygen atoms in total. The number of fused-ring (bicyclic) bond motifs is 5. The first-order valence-electron chi connectivity index (χ1n) is 11.1. The number of para-hydroxylation sites is 1. The fourth-order valence-electron chi connectivity index (χ4n) is 5.38. The van der Waals surface area contributed by atoms with Crippen LogP contribution in [0.1, 0.15) is 22.3 Å². The van der Waals surface area contributed by atoms with Crippen molar-refractivity contribution in [2.24, 2.45) is 11.8 Å². The molecule has 3 heterocycles. The zero-order valence-corrected chi connectivity index (χ0v) is 18.5. The number of ether oxygens (including phenoxy) is 1. The van der Waals surface area contributed by atoms with E-state index >= 15 is 0 Å². The van der Waals surface area contributed by atoms with Crippen molar-refractivity contribution < 1.29 is 24.0 Å². The van der Waals surface area contributed by atoms with E-state index in [-0.39, 0.29) is 35.4 Å². The third-order valence-corrected chi connectivity index (χ3v) is 6.87. The van der Waals surface area contributed by atoms with Crippen molar-refractivity contribution in [3.05, 3.63) is 75.8 Å². The predicted molar refractivity (Wildman–Crippen MR) is 123 cm³/mol. The van der Waals surface area contributed by atoms with Crippen molar-refractivity contribution in [3.63, 3.8) is 0 Å². The van der Waals surface area contributed by atoms with E-state index < -0.39 is 28.8 Å². The minimum atomic E-state index is -0.897. The number of carbonyl (C=O) groups excluding carboxylic acids is 3. The SMILES string of the molecule is COCCCN1C(=O)[C@@H]2[C@H](C1=O)[C@@H](C(=O)c1ccc([N+](=O)[O-])cc1)N1c3ccccc3C=C[C@@H]21. The molecule has 2 saturated heterocycles. The highest BCUT2D eigenvalue weighted by molar-refractivity contribution is 6.14. The molecule has 2 aromatic carbocycles. The maximum Gasteiger partial charge on any atom is 0.269 e. The van der Waals surface area contributed by atoms with Gasteiger partial charge >= 0.3 is 0 Å². The molecule has 0 saturated carbocycles. The average molecular weight is 461 g/mol. The Hall–Kier alpha value is -3.85. The highest BCUT2D eigenvalue weighted by Crippen LogP contribution is 2.49. The lowest BCUT2D eigenvalue weighted by atomic mass is 9.86. The van der Waals surface area contributed by atoms with Crippen LogP contribution in [0.4, 0.5) is 11.4 Å². The molecule has 2 amide bonds. The van der Waals surface area contributed by atoms with Crippen molar-refractivity contribution in [1.29, 1.82) is 0 Å². The molecule has 34 heavy (non-hydrogen) atoms. The molecule has 2 aromatic rings. The number of hydrogen-bond acceptors (Lipinski definition) is 7. The first-order valence-corrected chi connectivity index (χ1v) is 11.1. The number of hydrogen-bond donors (Lipinski definition) is 0. The number of ketones is 1. The summed E-state index contributed by atoms with van der Waals surface area (Å²) in [7, 11) is 1.56. The second kappa shape index (κ2) is 8.49. The molecule has 4 atom stereocenters. The number of anilines is 1. The summed E-state index contributed by atoms with van der Waals surface area (Å²) in [6.45, 7) is 0.657. The number of imide groups is 1. The quantitative estimate of drug-likeness (QED) is 0.205. The van der Waals surface area contributed by atoms with Crippen LogP contribution in [-0.4, -0.2) is 59.8 Å². The number of amides is 2. The van der Waals surface area contributed by atoms with E-state index in [0.29, 0.717) is 13.0 Å². The Labute approximate surface area is 195 Å². The van der Waals surface area contributed by atoms with Crippen LogP contribution in [0.5, 0.6) is 0 Å². The van der Waals surface area contributed by atoms with Crippen molar-refractivity contribution in [3.8, 4) is 0 Å². The van der Waals surface area contributed by atoms with Gasteiger partial charge in [-0.3, -0.25) is 29.4 Å². The van der Waals surface area contributed by atoms with Gasteiger partial charge in [-0.15, -0.1) is 0 Å². The summed E-state index contributed by atoms with van der Waals surface area (Å²) >= 11 is 0. The molecule has 2 fully saturated rings. The molecule has 0 aliphatic carbocycles. The van der Waals surface area contributed by atoms with E-state index in [1.807, 2.05) is 41.3 Å². The molecule has 174 valence electrons. The van der Waals surface area contributed by atoms with Crippen molar-refractivity contribution in [2.45, 2.75) is 18.5 Å². The average Bonchev–Trinajstić information content (AvgIpc) is 3.32. The number of rotatable bonds is 7. The molecule has 0 N–H and O–H groups in total. The number of nitrogens with zero attached hydrogens (tertiary/aromatic N) is 3. The van der Waals surface area contributed by atoms with Gasteiger partial charge in [0.15, 0.2) is 5.78 Å². The maximum absolute atomic E-state index is 13.8. The van der Waals surface area contributed by atoms with Crippen LogP contribution in [0.25, 0.3) is 6.08 Å². The lowest BCUT2D eigenvalue weighted by molar-refractivity contribution is -0.384. The van der Waals surface area contributed by atoms with Gasteiger partial charge in [-0.2, -0.15) is 0 Å². The van der Waals surface area contributed by atoms with Crippen LogP contribution in [0.15, 0.2) is 54.6 Å². The number of non-ortho nitro benzene ring substituents is 1. The van der Waals surface area contributed by atoms with Gasteiger partial charge in [0, 0.05) is 43.6 Å². The lowest BCUT2D eigenvalue weighted by Gasteiger charge is -2.36. The van der Waals surface area contributed by atoms with Crippen molar-refractivity contribution >= 4 is 35.0 Å². The summed E-state index contributed by atoms with van der Waals surface area (Å²) in [6.07, 6.45) is 4.34. The monoisotopic (exact) mass is 461 g/mol. The summed E-state index contributed by atoms with van der Waals surface area (Å²) in [5, 5.41) is 11.0. The van der Waals surface area contributed by atoms with Gasteiger partial charge in [0.25, 0.3) is 5.69 Å². The highest BCUT2D eigenvalue weighted by atomic mass is 16.6. The van der Waals surface area contributed by atoms with Gasteiger partial charge in [0.1, 0.15) is 6.04 Å². The molecular formula is C25H23N3O6. The molecule has 3 aliphatic rings. The predicted octanol–water partition coefficient (Wildman–Crippen LogP) is 2.70. The number of carbonyl (C=O) groups is 3. The van der Waals surface area contributed by atoms with Gasteiger partial charge in [0.05, 0.1) is 22.8 Å². The standard InChI is InChI=1S/C25H23N3O6/c1-34-14-4-13-26-24(30)20-19-12-9-15-5-2-3-6-18(15)27(19)22(21(20)25(26)31)23(29)16-7-10-17(11-8-16)28(32)33/h2-3,5-12,19-22H,4,13-14H2,1H3/t19-,20-,21-,22-/m0/s1. The van der Waals surface area contributed by atoms with Crippen LogP contribution in [0, 0.1) is 22.0 Å². The second-order valence-electron chi connectivity index (χ2n) is 8.65. The van der Waals surface area contributed by atoms with Crippen molar-refractivity contribution in [2.75, 3.05) is 25.2 Å². The van der Waals surface area contributed by atoms with E-state index in [4.69, 9.17) is 4.74 Å². The summed E-state index contributed by atoms with van der Waals surface area (Å²) in [4.78, 5) is 54.4. The third-order valence-electron chi connectivity index (χ3n) is 6.87. The molecule has 0 spiro atoms. The zero-order chi connectivity index (χ0) is 24.0. The van der Waals surface area contributed by atoms with Gasteiger partial charge in [-0.25, -0.2) is 0 Å². The van der Waals surface area contributed by atoms with Gasteiger partial charge in [0.2, 0.25) is 11.8 Å². The Morgan fingerprint density at radius 1 is 1.06 bits per heavy atom. The number of Topliss-reactive ketones (excluding diaryl/α,β-unsaturated/α-hetero) is 1. The molecule has 9 heteroatoms. The summed E-state index contributed by atoms with van der Waals surface area (Å²) in [5.41, 5.74) is 1.83. The number of methoxy groups -OCH3 is 1. The summed E-state index contributed by atoms with van der Waals surface area (Å²) in [5.74, 6) is -2.47. The molecule has 0 unspecified atom stereocenters. The Morgan fingerprint density at radius 2 is 1.76 bits per heavy atom. The molecule has 0 aromatic heterocycles. The molecule has 3 aliphatic heterocycles. The highest BCUT2D eigenvalue weighted by Gasteiger charge is 2.63. The van der Waals surface area contributed by atoms with Crippen LogP contribution < -0.4 is 4.90 Å². The normalized spacial score (nSPS) is 24.7. The second-order valence-corrected chi connectivity index (χ2v) is 8.65. The van der Waals surface area contributed by atoms with E-state index in [9.17, 15) is 24.5 Å². The molecular weight excluding hydrogens is 438 g/mol. The Morgan fingerprint density at radius 3 is 2.47 bits per heavy atom.